The van der Waals surface area contributed by atoms with Gasteiger partial charge in [0.25, 0.3) is 11.8 Å². The number of anilines is 1. The molecule has 0 spiro atoms. The van der Waals surface area contributed by atoms with Gasteiger partial charge in [0.05, 0.1) is 6.54 Å². The summed E-state index contributed by atoms with van der Waals surface area (Å²) < 4.78 is 0. The number of hydrogen-bond acceptors (Lipinski definition) is 6. The highest BCUT2D eigenvalue weighted by Gasteiger charge is 2.39. The Bertz CT molecular complexity index is 1270. The van der Waals surface area contributed by atoms with Crippen LogP contribution in [0, 0.1) is 27.7 Å². The number of nitrogens with one attached hydrogen (secondary N) is 1. The van der Waals surface area contributed by atoms with Crippen LogP contribution in [0.5, 0.6) is 0 Å². The molecule has 4 rings (SSSR count). The normalized spacial score (nSPS) is 13.8. The van der Waals surface area contributed by atoms with Gasteiger partial charge < -0.3 is 5.32 Å². The highest BCUT2D eigenvalue weighted by Crippen LogP contribution is 2.36. The Morgan fingerprint density at radius 3 is 2.24 bits per heavy atom. The van der Waals surface area contributed by atoms with Crippen molar-refractivity contribution in [2.45, 2.75) is 39.4 Å². The molecular weight excluding hydrogens is 456 g/mol. The second-order valence-corrected chi connectivity index (χ2v) is 9.42. The van der Waals surface area contributed by atoms with Crippen molar-refractivity contribution in [3.05, 3.63) is 92.2 Å². The smallest absolute Gasteiger partial charge is 0.278 e. The summed E-state index contributed by atoms with van der Waals surface area (Å²) in [6.07, 6.45) is 0. The molecule has 168 valence electrons. The Labute approximate surface area is 202 Å². The van der Waals surface area contributed by atoms with E-state index < -0.39 is 0 Å². The van der Waals surface area contributed by atoms with Gasteiger partial charge in [-0.1, -0.05) is 35.9 Å². The minimum Gasteiger partial charge on any atom is -0.350 e. The van der Waals surface area contributed by atoms with E-state index in [2.05, 4.69) is 15.3 Å². The summed E-state index contributed by atoms with van der Waals surface area (Å²) in [7, 11) is 0. The van der Waals surface area contributed by atoms with E-state index in [1.54, 1.807) is 24.3 Å². The van der Waals surface area contributed by atoms with Crippen LogP contribution >= 0.6 is 23.4 Å². The monoisotopic (exact) mass is 478 g/mol. The number of aryl methyl sites for hydroxylation is 4. The fraction of sp³-hybridized carbons (Fsp3) is 0.200. The van der Waals surface area contributed by atoms with Crippen LogP contribution in [0.2, 0.25) is 5.02 Å². The van der Waals surface area contributed by atoms with Crippen molar-refractivity contribution in [1.82, 2.24) is 14.9 Å². The van der Waals surface area contributed by atoms with E-state index in [1.165, 1.54) is 4.90 Å². The maximum atomic E-state index is 13.4. The van der Waals surface area contributed by atoms with Crippen molar-refractivity contribution < 1.29 is 9.59 Å². The molecule has 1 aliphatic heterocycles. The lowest BCUT2D eigenvalue weighted by atomic mass is 10.1. The fourth-order valence-corrected chi connectivity index (χ4v) is 4.64. The zero-order chi connectivity index (χ0) is 23.7. The summed E-state index contributed by atoms with van der Waals surface area (Å²) in [6, 6.07) is 14.9. The lowest BCUT2D eigenvalue weighted by Gasteiger charge is -2.16. The van der Waals surface area contributed by atoms with Crippen LogP contribution < -0.4 is 5.32 Å². The number of hydrogen-bond donors (Lipinski definition) is 1. The van der Waals surface area contributed by atoms with Crippen LogP contribution in [0.1, 0.15) is 28.1 Å². The van der Waals surface area contributed by atoms with Crippen molar-refractivity contribution in [3.63, 3.8) is 0 Å². The number of thioether (sulfide) groups is 1. The van der Waals surface area contributed by atoms with Gasteiger partial charge in [0.1, 0.15) is 10.6 Å². The van der Waals surface area contributed by atoms with Crippen molar-refractivity contribution in [3.8, 4) is 0 Å². The molecule has 2 aromatic carbocycles. The summed E-state index contributed by atoms with van der Waals surface area (Å²) >= 11 is 7.09. The van der Waals surface area contributed by atoms with E-state index in [4.69, 9.17) is 11.6 Å². The van der Waals surface area contributed by atoms with Crippen LogP contribution in [-0.2, 0) is 16.1 Å². The Morgan fingerprint density at radius 1 is 0.909 bits per heavy atom. The van der Waals surface area contributed by atoms with Gasteiger partial charge in [0.15, 0.2) is 5.16 Å². The molecule has 0 bridgehead atoms. The van der Waals surface area contributed by atoms with E-state index in [1.807, 2.05) is 52.0 Å². The van der Waals surface area contributed by atoms with Gasteiger partial charge >= 0.3 is 0 Å². The minimum atomic E-state index is -0.386. The lowest BCUT2D eigenvalue weighted by molar-refractivity contribution is -0.137. The molecule has 1 N–H and O–H groups in total. The van der Waals surface area contributed by atoms with Gasteiger partial charge in [0.2, 0.25) is 0 Å². The third-order valence-corrected chi connectivity index (χ3v) is 6.39. The largest absolute Gasteiger partial charge is 0.350 e. The van der Waals surface area contributed by atoms with Crippen molar-refractivity contribution >= 4 is 40.9 Å². The topological polar surface area (TPSA) is 75.2 Å². The molecule has 0 atom stereocenters. The first-order valence-corrected chi connectivity index (χ1v) is 11.6. The van der Waals surface area contributed by atoms with E-state index >= 15 is 0 Å². The molecule has 0 aliphatic carbocycles. The molecule has 0 fully saturated rings. The summed E-state index contributed by atoms with van der Waals surface area (Å²) in [4.78, 5) is 37.2. The highest BCUT2D eigenvalue weighted by atomic mass is 35.5. The molecule has 8 heteroatoms. The maximum absolute atomic E-state index is 13.4. The average molecular weight is 479 g/mol. The van der Waals surface area contributed by atoms with E-state index in [0.717, 1.165) is 45.5 Å². The summed E-state index contributed by atoms with van der Waals surface area (Å²) in [5.74, 6) is -0.766. The lowest BCUT2D eigenvalue weighted by Crippen LogP contribution is -2.32. The van der Waals surface area contributed by atoms with Gasteiger partial charge in [-0.25, -0.2) is 9.97 Å². The second kappa shape index (κ2) is 9.37. The Hall–Kier alpha value is -3.16. The van der Waals surface area contributed by atoms with E-state index in [-0.39, 0.29) is 29.0 Å². The van der Waals surface area contributed by atoms with E-state index in [0.29, 0.717) is 10.2 Å². The standard InChI is InChI=1S/C25H23ClN4O2S/c1-14-5-6-15(2)20(11-14)29-21-22(33-25-27-16(3)12-17(4)28-25)24(32)30(23(21)31)13-18-7-9-19(26)10-8-18/h5-12,29H,13H2,1-4H3. The molecule has 33 heavy (non-hydrogen) atoms. The van der Waals surface area contributed by atoms with Gasteiger partial charge in [-0.2, -0.15) is 0 Å². The predicted molar refractivity (Wildman–Crippen MR) is 131 cm³/mol. The molecule has 0 radical (unpaired) electrons. The first-order chi connectivity index (χ1) is 15.7. The van der Waals surface area contributed by atoms with Crippen LogP contribution in [0.25, 0.3) is 0 Å². The quantitative estimate of drug-likeness (QED) is 0.380. The van der Waals surface area contributed by atoms with Gasteiger partial charge in [-0.15, -0.1) is 0 Å². The minimum absolute atomic E-state index is 0.143. The molecule has 6 nitrogen and oxygen atoms in total. The zero-order valence-corrected chi connectivity index (χ0v) is 20.3. The molecule has 1 aliphatic rings. The summed E-state index contributed by atoms with van der Waals surface area (Å²) in [6.45, 7) is 7.82. The maximum Gasteiger partial charge on any atom is 0.278 e. The molecule has 0 saturated heterocycles. The zero-order valence-electron chi connectivity index (χ0n) is 18.8. The number of carbonyl (C=O) groups is 2. The second-order valence-electron chi connectivity index (χ2n) is 8.01. The van der Waals surface area contributed by atoms with Crippen LogP contribution in [-0.4, -0.2) is 26.7 Å². The van der Waals surface area contributed by atoms with Gasteiger partial charge in [0, 0.05) is 22.1 Å². The first-order valence-electron chi connectivity index (χ1n) is 10.4. The Balaban J connectivity index is 1.72. The number of imide groups is 1. The SMILES string of the molecule is Cc1ccc(C)c(NC2=C(Sc3nc(C)cc(C)n3)C(=O)N(Cc3ccc(Cl)cc3)C2=O)c1. The molecule has 1 aromatic heterocycles. The molecular formula is C25H23ClN4O2S. The number of amides is 2. The summed E-state index contributed by atoms with van der Waals surface area (Å²) in [5.41, 5.74) is 5.42. The summed E-state index contributed by atoms with van der Waals surface area (Å²) in [5, 5.41) is 4.25. The number of benzene rings is 2. The number of rotatable bonds is 6. The van der Waals surface area contributed by atoms with Crippen LogP contribution in [0.4, 0.5) is 5.69 Å². The average Bonchev–Trinajstić information content (AvgIpc) is 2.96. The number of carbonyl (C=O) groups excluding carboxylic acids is 2. The van der Waals surface area contributed by atoms with Gasteiger partial charge in [-0.3, -0.25) is 14.5 Å². The van der Waals surface area contributed by atoms with Crippen LogP contribution in [0.15, 0.2) is 64.3 Å². The number of nitrogens with zero attached hydrogens (tertiary/aromatic N) is 3. The van der Waals surface area contributed by atoms with Crippen LogP contribution in [0.3, 0.4) is 0 Å². The third-order valence-electron chi connectivity index (χ3n) is 5.19. The van der Waals surface area contributed by atoms with Crippen molar-refractivity contribution in [1.29, 1.82) is 0 Å². The molecule has 0 saturated carbocycles. The number of halogens is 1. The van der Waals surface area contributed by atoms with Crippen molar-refractivity contribution in [2.24, 2.45) is 0 Å². The highest BCUT2D eigenvalue weighted by molar-refractivity contribution is 8.04. The third kappa shape index (κ3) is 5.10. The first kappa shape index (κ1) is 23.0. The Kier molecular flexibility index (Phi) is 6.54. The molecule has 0 unspecified atom stereocenters. The molecule has 2 amide bonds. The Morgan fingerprint density at radius 2 is 1.58 bits per heavy atom. The molecule has 2 heterocycles. The van der Waals surface area contributed by atoms with Crippen molar-refractivity contribution in [2.75, 3.05) is 5.32 Å². The number of aromatic nitrogens is 2. The van der Waals surface area contributed by atoms with Gasteiger partial charge in [-0.05, 0) is 80.4 Å². The predicted octanol–water partition coefficient (Wildman–Crippen LogP) is 5.35. The molecule has 3 aromatic rings. The fourth-order valence-electron chi connectivity index (χ4n) is 3.51. The van der Waals surface area contributed by atoms with E-state index in [9.17, 15) is 9.59 Å².